The predicted octanol–water partition coefficient (Wildman–Crippen LogP) is 1.87. The third-order valence-electron chi connectivity index (χ3n) is 1.75. The smallest absolute Gasteiger partial charge is 0.0604 e. The lowest BCUT2D eigenvalue weighted by Gasteiger charge is -2.15. The van der Waals surface area contributed by atoms with Gasteiger partial charge in [0.05, 0.1) is 6.10 Å². The van der Waals surface area contributed by atoms with Gasteiger partial charge in [-0.1, -0.05) is 13.3 Å². The van der Waals surface area contributed by atoms with Gasteiger partial charge in [-0.25, -0.2) is 0 Å². The van der Waals surface area contributed by atoms with E-state index in [1.54, 1.807) is 0 Å². The summed E-state index contributed by atoms with van der Waals surface area (Å²) < 4.78 is 5.55. The molecule has 0 aliphatic heterocycles. The van der Waals surface area contributed by atoms with Crippen LogP contribution in [0.25, 0.3) is 0 Å². The standard InChI is InChI=1S/C9H20O2S/c1-2-3-7-11-9(4-6-10)5-8-12/h9-10,12H,2-8H2,1H3. The molecule has 12 heavy (non-hydrogen) atoms. The Balaban J connectivity index is 3.34. The Labute approximate surface area is 80.7 Å². The molecule has 0 spiro atoms. The normalized spacial score (nSPS) is 13.2. The molecule has 0 heterocycles. The molecule has 0 fully saturated rings. The molecule has 0 bridgehead atoms. The third kappa shape index (κ3) is 6.95. The molecule has 0 rings (SSSR count). The average Bonchev–Trinajstić information content (AvgIpc) is 2.06. The molecule has 0 amide bonds. The molecule has 0 aromatic heterocycles. The number of aliphatic hydroxyl groups is 1. The van der Waals surface area contributed by atoms with Crippen LogP contribution in [0.2, 0.25) is 0 Å². The van der Waals surface area contributed by atoms with Crippen molar-refractivity contribution in [3.63, 3.8) is 0 Å². The summed E-state index contributed by atoms with van der Waals surface area (Å²) in [5.74, 6) is 0.830. The van der Waals surface area contributed by atoms with Gasteiger partial charge in [-0.2, -0.15) is 12.6 Å². The van der Waals surface area contributed by atoms with Crippen LogP contribution in [-0.4, -0.2) is 30.2 Å². The molecular formula is C9H20O2S. The fourth-order valence-electron chi connectivity index (χ4n) is 0.993. The Bertz CT molecular complexity index is 82.6. The van der Waals surface area contributed by atoms with Crippen LogP contribution in [0.4, 0.5) is 0 Å². The van der Waals surface area contributed by atoms with Gasteiger partial charge in [-0.05, 0) is 25.0 Å². The van der Waals surface area contributed by atoms with Crippen molar-refractivity contribution in [1.29, 1.82) is 0 Å². The first-order valence-electron chi connectivity index (χ1n) is 4.68. The number of aliphatic hydroxyl groups excluding tert-OH is 1. The van der Waals surface area contributed by atoms with Crippen LogP contribution >= 0.6 is 12.6 Å². The third-order valence-corrected chi connectivity index (χ3v) is 2.01. The highest BCUT2D eigenvalue weighted by atomic mass is 32.1. The van der Waals surface area contributed by atoms with Crippen LogP contribution in [0, 0.1) is 0 Å². The molecule has 0 aliphatic rings. The fraction of sp³-hybridized carbons (Fsp3) is 1.00. The van der Waals surface area contributed by atoms with Crippen LogP contribution in [-0.2, 0) is 4.74 Å². The zero-order chi connectivity index (χ0) is 9.23. The molecule has 74 valence electrons. The van der Waals surface area contributed by atoms with Crippen molar-refractivity contribution in [2.75, 3.05) is 19.0 Å². The molecule has 0 saturated carbocycles. The second kappa shape index (κ2) is 9.36. The van der Waals surface area contributed by atoms with Gasteiger partial charge in [0.1, 0.15) is 0 Å². The van der Waals surface area contributed by atoms with E-state index in [0.717, 1.165) is 38.0 Å². The molecule has 0 saturated heterocycles. The summed E-state index contributed by atoms with van der Waals surface area (Å²) in [6.45, 7) is 3.17. The summed E-state index contributed by atoms with van der Waals surface area (Å²) in [7, 11) is 0. The molecule has 2 nitrogen and oxygen atoms in total. The van der Waals surface area contributed by atoms with Gasteiger partial charge < -0.3 is 9.84 Å². The second-order valence-electron chi connectivity index (χ2n) is 2.87. The highest BCUT2D eigenvalue weighted by Crippen LogP contribution is 2.05. The Morgan fingerprint density at radius 3 is 2.67 bits per heavy atom. The molecule has 3 heteroatoms. The summed E-state index contributed by atoms with van der Waals surface area (Å²) >= 11 is 4.14. The van der Waals surface area contributed by atoms with Gasteiger partial charge in [0, 0.05) is 13.2 Å². The number of hydrogen-bond donors (Lipinski definition) is 2. The van der Waals surface area contributed by atoms with E-state index < -0.39 is 0 Å². The molecule has 1 atom stereocenters. The lowest BCUT2D eigenvalue weighted by Crippen LogP contribution is -2.16. The summed E-state index contributed by atoms with van der Waals surface area (Å²) in [6.07, 6.45) is 4.15. The van der Waals surface area contributed by atoms with Crippen molar-refractivity contribution in [1.82, 2.24) is 0 Å². The van der Waals surface area contributed by atoms with Gasteiger partial charge in [0.15, 0.2) is 0 Å². The van der Waals surface area contributed by atoms with Crippen molar-refractivity contribution in [3.8, 4) is 0 Å². The number of ether oxygens (including phenoxy) is 1. The van der Waals surface area contributed by atoms with E-state index in [-0.39, 0.29) is 12.7 Å². The molecule has 1 N–H and O–H groups in total. The van der Waals surface area contributed by atoms with E-state index in [1.165, 1.54) is 0 Å². The van der Waals surface area contributed by atoms with E-state index in [2.05, 4.69) is 19.6 Å². The maximum atomic E-state index is 8.71. The van der Waals surface area contributed by atoms with Gasteiger partial charge in [0.2, 0.25) is 0 Å². The first kappa shape index (κ1) is 12.3. The second-order valence-corrected chi connectivity index (χ2v) is 3.32. The van der Waals surface area contributed by atoms with Crippen molar-refractivity contribution in [2.45, 2.75) is 38.7 Å². The van der Waals surface area contributed by atoms with Crippen LogP contribution < -0.4 is 0 Å². The van der Waals surface area contributed by atoms with Crippen molar-refractivity contribution >= 4 is 12.6 Å². The number of hydrogen-bond acceptors (Lipinski definition) is 3. The first-order chi connectivity index (χ1) is 5.85. The largest absolute Gasteiger partial charge is 0.396 e. The Morgan fingerprint density at radius 1 is 1.42 bits per heavy atom. The van der Waals surface area contributed by atoms with Crippen LogP contribution in [0.5, 0.6) is 0 Å². The van der Waals surface area contributed by atoms with E-state index in [1.807, 2.05) is 0 Å². The van der Waals surface area contributed by atoms with E-state index >= 15 is 0 Å². The first-order valence-corrected chi connectivity index (χ1v) is 5.31. The Kier molecular flexibility index (Phi) is 9.57. The maximum absolute atomic E-state index is 8.71. The SMILES string of the molecule is CCCCOC(CCO)CCS. The quantitative estimate of drug-likeness (QED) is 0.454. The van der Waals surface area contributed by atoms with Gasteiger partial charge >= 0.3 is 0 Å². The van der Waals surface area contributed by atoms with Crippen molar-refractivity contribution < 1.29 is 9.84 Å². The Morgan fingerprint density at radius 2 is 2.17 bits per heavy atom. The Hall–Kier alpha value is 0.270. The average molecular weight is 192 g/mol. The molecule has 0 radical (unpaired) electrons. The zero-order valence-corrected chi connectivity index (χ0v) is 8.72. The molecule has 1 unspecified atom stereocenters. The van der Waals surface area contributed by atoms with Crippen LogP contribution in [0.15, 0.2) is 0 Å². The minimum atomic E-state index is 0.207. The minimum absolute atomic E-state index is 0.207. The van der Waals surface area contributed by atoms with Gasteiger partial charge in [0.25, 0.3) is 0 Å². The van der Waals surface area contributed by atoms with E-state index in [4.69, 9.17) is 9.84 Å². The fourth-order valence-corrected chi connectivity index (χ4v) is 1.28. The monoisotopic (exact) mass is 192 g/mol. The molecular weight excluding hydrogens is 172 g/mol. The lowest BCUT2D eigenvalue weighted by atomic mass is 10.2. The zero-order valence-electron chi connectivity index (χ0n) is 7.83. The van der Waals surface area contributed by atoms with E-state index in [9.17, 15) is 0 Å². The highest BCUT2D eigenvalue weighted by molar-refractivity contribution is 7.80. The number of rotatable bonds is 8. The predicted molar refractivity (Wildman–Crippen MR) is 54.8 cm³/mol. The van der Waals surface area contributed by atoms with Crippen LogP contribution in [0.1, 0.15) is 32.6 Å². The summed E-state index contributed by atoms with van der Waals surface area (Å²) in [5, 5.41) is 8.71. The minimum Gasteiger partial charge on any atom is -0.396 e. The topological polar surface area (TPSA) is 29.5 Å². The van der Waals surface area contributed by atoms with Gasteiger partial charge in [-0.3, -0.25) is 0 Å². The lowest BCUT2D eigenvalue weighted by molar-refractivity contribution is 0.0327. The van der Waals surface area contributed by atoms with Gasteiger partial charge in [-0.15, -0.1) is 0 Å². The number of unbranched alkanes of at least 4 members (excludes halogenated alkanes) is 1. The highest BCUT2D eigenvalue weighted by Gasteiger charge is 2.06. The van der Waals surface area contributed by atoms with Crippen molar-refractivity contribution in [3.05, 3.63) is 0 Å². The number of thiol groups is 1. The summed E-state index contributed by atoms with van der Waals surface area (Å²) in [6, 6.07) is 0. The summed E-state index contributed by atoms with van der Waals surface area (Å²) in [4.78, 5) is 0. The molecule has 0 aliphatic carbocycles. The van der Waals surface area contributed by atoms with Crippen LogP contribution in [0.3, 0.4) is 0 Å². The van der Waals surface area contributed by atoms with Crippen molar-refractivity contribution in [2.24, 2.45) is 0 Å². The molecule has 0 aromatic rings. The summed E-state index contributed by atoms with van der Waals surface area (Å²) in [5.41, 5.74) is 0. The van der Waals surface area contributed by atoms with E-state index in [0.29, 0.717) is 0 Å². The maximum Gasteiger partial charge on any atom is 0.0604 e. The molecule has 0 aromatic carbocycles.